The van der Waals surface area contributed by atoms with Gasteiger partial charge in [-0.15, -0.1) is 0 Å². The number of hydrogen-bond acceptors (Lipinski definition) is 5. The minimum atomic E-state index is -0.288. The van der Waals surface area contributed by atoms with E-state index < -0.39 is 0 Å². The number of hydrogen-bond donors (Lipinski definition) is 0. The molecule has 140 valence electrons. The van der Waals surface area contributed by atoms with Crippen molar-refractivity contribution < 1.29 is 9.21 Å². The summed E-state index contributed by atoms with van der Waals surface area (Å²) in [5.74, 6) is -0.138. The van der Waals surface area contributed by atoms with Crippen LogP contribution in [0.4, 0.5) is 0 Å². The normalized spacial score (nSPS) is 20.2. The Labute approximate surface area is 175 Å². The SMILES string of the molecule is O=C1C(=Cc2coc3c(Cl)cc(Cl)cc3c2=O)SC(=S)N1C1CCCCC1. The highest BCUT2D eigenvalue weighted by Gasteiger charge is 2.37. The molecule has 0 atom stereocenters. The van der Waals surface area contributed by atoms with Gasteiger partial charge in [0.2, 0.25) is 0 Å². The highest BCUT2D eigenvalue weighted by molar-refractivity contribution is 8.26. The Morgan fingerprint density at radius 1 is 1.19 bits per heavy atom. The van der Waals surface area contributed by atoms with Crippen molar-refractivity contribution >= 4 is 74.5 Å². The van der Waals surface area contributed by atoms with E-state index >= 15 is 0 Å². The lowest BCUT2D eigenvalue weighted by Gasteiger charge is -2.29. The van der Waals surface area contributed by atoms with Crippen LogP contribution in [0.25, 0.3) is 17.0 Å². The molecule has 4 rings (SSSR count). The summed E-state index contributed by atoms with van der Waals surface area (Å²) in [6.07, 6.45) is 8.21. The number of thioether (sulfide) groups is 1. The number of amides is 1. The van der Waals surface area contributed by atoms with Crippen LogP contribution in [0.3, 0.4) is 0 Å². The number of thiocarbonyl (C=S) groups is 1. The summed E-state index contributed by atoms with van der Waals surface area (Å²) < 4.78 is 6.07. The Bertz CT molecular complexity index is 1040. The van der Waals surface area contributed by atoms with Gasteiger partial charge in [-0.05, 0) is 31.1 Å². The van der Waals surface area contributed by atoms with E-state index in [1.165, 1.54) is 36.6 Å². The molecule has 2 heterocycles. The van der Waals surface area contributed by atoms with Crippen LogP contribution in [-0.4, -0.2) is 21.2 Å². The van der Waals surface area contributed by atoms with E-state index in [2.05, 4.69) is 0 Å². The smallest absolute Gasteiger partial charge is 0.266 e. The van der Waals surface area contributed by atoms with Crippen molar-refractivity contribution in [2.75, 3.05) is 0 Å². The molecule has 0 N–H and O–H groups in total. The lowest BCUT2D eigenvalue weighted by atomic mass is 9.94. The summed E-state index contributed by atoms with van der Waals surface area (Å²) in [6.45, 7) is 0. The maximum absolute atomic E-state index is 12.9. The predicted octanol–water partition coefficient (Wildman–Crippen LogP) is 5.63. The molecule has 1 aromatic carbocycles. The predicted molar refractivity (Wildman–Crippen MR) is 114 cm³/mol. The average molecular weight is 440 g/mol. The Balaban J connectivity index is 1.71. The number of halogens is 2. The number of benzene rings is 1. The highest BCUT2D eigenvalue weighted by atomic mass is 35.5. The van der Waals surface area contributed by atoms with Gasteiger partial charge in [0.25, 0.3) is 5.91 Å². The van der Waals surface area contributed by atoms with Crippen molar-refractivity contribution in [2.24, 2.45) is 0 Å². The zero-order valence-electron chi connectivity index (χ0n) is 14.2. The van der Waals surface area contributed by atoms with Crippen LogP contribution in [0.2, 0.25) is 10.0 Å². The van der Waals surface area contributed by atoms with Crippen LogP contribution in [0.15, 0.2) is 32.5 Å². The maximum atomic E-state index is 12.9. The van der Waals surface area contributed by atoms with Gasteiger partial charge in [-0.2, -0.15) is 0 Å². The van der Waals surface area contributed by atoms with Gasteiger partial charge in [0, 0.05) is 11.1 Å². The molecule has 1 aliphatic carbocycles. The first-order chi connectivity index (χ1) is 13.0. The molecule has 1 amide bonds. The van der Waals surface area contributed by atoms with Gasteiger partial charge < -0.3 is 4.42 Å². The molecular formula is C19H15Cl2NO3S2. The number of carbonyl (C=O) groups excluding carboxylic acids is 1. The van der Waals surface area contributed by atoms with E-state index in [9.17, 15) is 9.59 Å². The zero-order chi connectivity index (χ0) is 19.1. The molecule has 0 spiro atoms. The molecule has 1 aliphatic heterocycles. The van der Waals surface area contributed by atoms with Crippen LogP contribution >= 0.6 is 47.2 Å². The van der Waals surface area contributed by atoms with Gasteiger partial charge >= 0.3 is 0 Å². The van der Waals surface area contributed by atoms with Crippen LogP contribution < -0.4 is 5.43 Å². The monoisotopic (exact) mass is 439 g/mol. The molecule has 1 saturated heterocycles. The number of rotatable bonds is 2. The van der Waals surface area contributed by atoms with Crippen LogP contribution in [-0.2, 0) is 4.79 Å². The van der Waals surface area contributed by atoms with E-state index in [1.807, 2.05) is 0 Å². The second-order valence-corrected chi connectivity index (χ2v) is 9.15. The lowest BCUT2D eigenvalue weighted by molar-refractivity contribution is -0.124. The molecule has 4 nitrogen and oxygen atoms in total. The van der Waals surface area contributed by atoms with Gasteiger partial charge in [0.1, 0.15) is 10.6 Å². The molecule has 0 unspecified atom stereocenters. The van der Waals surface area contributed by atoms with E-state index in [4.69, 9.17) is 39.8 Å². The van der Waals surface area contributed by atoms with Gasteiger partial charge in [0.15, 0.2) is 11.0 Å². The standard InChI is InChI=1S/C19H15Cl2NO3S2/c20-11-7-13-16(23)10(9-25-17(13)14(21)8-11)6-15-18(24)22(19(26)27-15)12-4-2-1-3-5-12/h6-9,12H,1-5H2. The fourth-order valence-electron chi connectivity index (χ4n) is 3.55. The van der Waals surface area contributed by atoms with E-state index in [1.54, 1.807) is 11.0 Å². The molecule has 8 heteroatoms. The van der Waals surface area contributed by atoms with Crippen molar-refractivity contribution in [3.05, 3.63) is 49.1 Å². The summed E-state index contributed by atoms with van der Waals surface area (Å²) in [5, 5.41) is 0.898. The van der Waals surface area contributed by atoms with E-state index in [0.717, 1.165) is 25.7 Å². The van der Waals surface area contributed by atoms with Crippen molar-refractivity contribution in [2.45, 2.75) is 38.1 Å². The summed E-state index contributed by atoms with van der Waals surface area (Å²) >= 11 is 18.7. The molecule has 0 radical (unpaired) electrons. The van der Waals surface area contributed by atoms with Crippen molar-refractivity contribution in [3.8, 4) is 0 Å². The maximum Gasteiger partial charge on any atom is 0.266 e. The van der Waals surface area contributed by atoms with Crippen molar-refractivity contribution in [1.29, 1.82) is 0 Å². The van der Waals surface area contributed by atoms with Crippen LogP contribution in [0, 0.1) is 0 Å². The number of carbonyl (C=O) groups is 1. The fraction of sp³-hybridized carbons (Fsp3) is 0.316. The van der Waals surface area contributed by atoms with E-state index in [0.29, 0.717) is 14.2 Å². The number of fused-ring (bicyclic) bond motifs is 1. The molecule has 2 aliphatic rings. The highest BCUT2D eigenvalue weighted by Crippen LogP contribution is 2.37. The minimum Gasteiger partial charge on any atom is -0.462 e. The number of nitrogens with zero attached hydrogens (tertiary/aromatic N) is 1. The molecule has 1 aromatic heterocycles. The third-order valence-electron chi connectivity index (χ3n) is 4.87. The van der Waals surface area contributed by atoms with Gasteiger partial charge in [-0.3, -0.25) is 14.5 Å². The fourth-order valence-corrected chi connectivity index (χ4v) is 5.48. The summed E-state index contributed by atoms with van der Waals surface area (Å²) in [6, 6.07) is 3.19. The van der Waals surface area contributed by atoms with Gasteiger partial charge in [-0.1, -0.05) is 66.4 Å². The summed E-state index contributed by atoms with van der Waals surface area (Å²) in [7, 11) is 0. The third-order valence-corrected chi connectivity index (χ3v) is 6.70. The van der Waals surface area contributed by atoms with Gasteiger partial charge in [0.05, 0.1) is 20.9 Å². The lowest BCUT2D eigenvalue weighted by Crippen LogP contribution is -2.39. The molecule has 1 saturated carbocycles. The van der Waals surface area contributed by atoms with Crippen LogP contribution in [0.1, 0.15) is 37.7 Å². The minimum absolute atomic E-state index is 0.138. The topological polar surface area (TPSA) is 50.5 Å². The quantitative estimate of drug-likeness (QED) is 0.447. The van der Waals surface area contributed by atoms with Crippen molar-refractivity contribution in [1.82, 2.24) is 4.90 Å². The molecule has 0 bridgehead atoms. The largest absolute Gasteiger partial charge is 0.462 e. The Morgan fingerprint density at radius 2 is 1.93 bits per heavy atom. The summed E-state index contributed by atoms with van der Waals surface area (Å²) in [4.78, 5) is 27.8. The second kappa shape index (κ2) is 7.59. The Kier molecular flexibility index (Phi) is 5.34. The van der Waals surface area contributed by atoms with Crippen molar-refractivity contribution in [3.63, 3.8) is 0 Å². The Morgan fingerprint density at radius 3 is 2.67 bits per heavy atom. The summed E-state index contributed by atoms with van der Waals surface area (Å²) in [5.41, 5.74) is 0.256. The first-order valence-corrected chi connectivity index (χ1v) is 10.6. The van der Waals surface area contributed by atoms with Gasteiger partial charge in [-0.25, -0.2) is 0 Å². The molecule has 2 aromatic rings. The molecule has 2 fully saturated rings. The first kappa shape index (κ1) is 19.0. The zero-order valence-corrected chi connectivity index (χ0v) is 17.3. The average Bonchev–Trinajstić information content (AvgIpc) is 2.92. The first-order valence-electron chi connectivity index (χ1n) is 8.63. The molecule has 27 heavy (non-hydrogen) atoms. The van der Waals surface area contributed by atoms with E-state index in [-0.39, 0.29) is 38.9 Å². The Hall–Kier alpha value is -1.34. The third kappa shape index (κ3) is 3.56. The van der Waals surface area contributed by atoms with Crippen LogP contribution in [0.5, 0.6) is 0 Å². The molecular weight excluding hydrogens is 425 g/mol. The second-order valence-electron chi connectivity index (χ2n) is 6.63.